The Morgan fingerprint density at radius 2 is 2.08 bits per heavy atom. The van der Waals surface area contributed by atoms with Crippen LogP contribution in [0.3, 0.4) is 0 Å². The zero-order valence-corrected chi connectivity index (χ0v) is 15.6. The minimum Gasteiger partial charge on any atom is -0.494 e. The van der Waals surface area contributed by atoms with Crippen molar-refractivity contribution >= 4 is 5.78 Å². The van der Waals surface area contributed by atoms with Crippen LogP contribution in [-0.4, -0.2) is 24.3 Å². The summed E-state index contributed by atoms with van der Waals surface area (Å²) in [6, 6.07) is 8.49. The van der Waals surface area contributed by atoms with E-state index in [1.807, 2.05) is 6.07 Å². The zero-order chi connectivity index (χ0) is 17.8. The molecule has 0 spiro atoms. The molecular weight excluding hydrogens is 310 g/mol. The van der Waals surface area contributed by atoms with Crippen LogP contribution in [0.15, 0.2) is 47.7 Å². The number of ketones is 1. The van der Waals surface area contributed by atoms with Crippen LogP contribution in [0.1, 0.15) is 57.6 Å². The van der Waals surface area contributed by atoms with Gasteiger partial charge in [-0.25, -0.2) is 0 Å². The fraction of sp³-hybridized carbons (Fsp3) is 0.500. The van der Waals surface area contributed by atoms with Crippen molar-refractivity contribution in [3.8, 4) is 5.75 Å². The predicted octanol–water partition coefficient (Wildman–Crippen LogP) is 5.05. The molecule has 3 nitrogen and oxygen atoms in total. The number of likely N-dealkylation sites (N-methyl/N-ethyl adjacent to an activating group) is 1. The summed E-state index contributed by atoms with van der Waals surface area (Å²) in [4.78, 5) is 15.0. The second-order valence-corrected chi connectivity index (χ2v) is 7.08. The molecule has 1 aliphatic heterocycles. The quantitative estimate of drug-likeness (QED) is 0.726. The Kier molecular flexibility index (Phi) is 5.62. The monoisotopic (exact) mass is 339 g/mol. The topological polar surface area (TPSA) is 29.5 Å². The van der Waals surface area contributed by atoms with Crippen molar-refractivity contribution in [3.63, 3.8) is 0 Å². The van der Waals surface area contributed by atoms with Gasteiger partial charge in [0, 0.05) is 24.2 Å². The van der Waals surface area contributed by atoms with E-state index in [9.17, 15) is 4.79 Å². The molecule has 0 fully saturated rings. The van der Waals surface area contributed by atoms with Crippen LogP contribution in [0.5, 0.6) is 5.75 Å². The number of nitrogens with zero attached hydrogens (tertiary/aromatic N) is 1. The first kappa shape index (κ1) is 17.8. The second-order valence-electron chi connectivity index (χ2n) is 7.08. The Hall–Kier alpha value is -2.03. The molecular formula is C22H29NO2. The van der Waals surface area contributed by atoms with Gasteiger partial charge < -0.3 is 9.64 Å². The van der Waals surface area contributed by atoms with Crippen molar-refractivity contribution in [2.45, 2.75) is 52.0 Å². The average molecular weight is 339 g/mol. The number of Topliss-reactive ketones (excluding diaryl/α,β-unsaturated/α-hetero) is 1. The van der Waals surface area contributed by atoms with Gasteiger partial charge in [0.1, 0.15) is 5.75 Å². The summed E-state index contributed by atoms with van der Waals surface area (Å²) < 4.78 is 5.78. The Morgan fingerprint density at radius 1 is 1.24 bits per heavy atom. The fourth-order valence-corrected chi connectivity index (χ4v) is 3.93. The summed E-state index contributed by atoms with van der Waals surface area (Å²) >= 11 is 0. The zero-order valence-electron chi connectivity index (χ0n) is 15.6. The largest absolute Gasteiger partial charge is 0.494 e. The number of hydrogen-bond donors (Lipinski definition) is 0. The molecule has 1 aromatic carbocycles. The van der Waals surface area contributed by atoms with Gasteiger partial charge in [-0.1, -0.05) is 44.6 Å². The highest BCUT2D eigenvalue weighted by Gasteiger charge is 2.33. The van der Waals surface area contributed by atoms with Crippen LogP contribution in [0, 0.1) is 5.92 Å². The van der Waals surface area contributed by atoms with Crippen molar-refractivity contribution < 1.29 is 9.53 Å². The minimum absolute atomic E-state index is 0.166. The molecule has 0 saturated heterocycles. The highest BCUT2D eigenvalue weighted by molar-refractivity contribution is 6.01. The Morgan fingerprint density at radius 3 is 2.84 bits per heavy atom. The van der Waals surface area contributed by atoms with Crippen LogP contribution in [-0.2, 0) is 4.79 Å². The average Bonchev–Trinajstić information content (AvgIpc) is 2.63. The van der Waals surface area contributed by atoms with Gasteiger partial charge in [-0.15, -0.1) is 0 Å². The van der Waals surface area contributed by atoms with Gasteiger partial charge in [0.15, 0.2) is 5.78 Å². The first-order chi connectivity index (χ1) is 12.2. The molecule has 1 aromatic rings. The molecule has 3 rings (SSSR count). The van der Waals surface area contributed by atoms with Gasteiger partial charge in [-0.3, -0.25) is 4.79 Å². The highest BCUT2D eigenvalue weighted by atomic mass is 16.5. The van der Waals surface area contributed by atoms with Gasteiger partial charge >= 0.3 is 0 Å². The molecule has 0 N–H and O–H groups in total. The molecule has 0 aromatic heterocycles. The number of ether oxygens (including phenoxy) is 1. The van der Waals surface area contributed by atoms with Crippen LogP contribution in [0.4, 0.5) is 0 Å². The van der Waals surface area contributed by atoms with Crippen LogP contribution in [0.2, 0.25) is 0 Å². The molecule has 0 bridgehead atoms. The fourth-order valence-electron chi connectivity index (χ4n) is 3.93. The number of rotatable bonds is 6. The van der Waals surface area contributed by atoms with Crippen LogP contribution in [0.25, 0.3) is 0 Å². The van der Waals surface area contributed by atoms with Gasteiger partial charge in [-0.2, -0.15) is 0 Å². The van der Waals surface area contributed by atoms with Crippen molar-refractivity contribution in [3.05, 3.63) is 53.3 Å². The van der Waals surface area contributed by atoms with E-state index in [4.69, 9.17) is 4.74 Å². The summed E-state index contributed by atoms with van der Waals surface area (Å²) in [6.45, 7) is 5.01. The summed E-state index contributed by atoms with van der Waals surface area (Å²) in [6.07, 6.45) is 9.28. The van der Waals surface area contributed by atoms with E-state index >= 15 is 0 Å². The van der Waals surface area contributed by atoms with Crippen molar-refractivity contribution in [1.29, 1.82) is 0 Å². The van der Waals surface area contributed by atoms with E-state index in [-0.39, 0.29) is 12.0 Å². The lowest BCUT2D eigenvalue weighted by molar-refractivity contribution is -0.120. The van der Waals surface area contributed by atoms with Crippen molar-refractivity contribution in [1.82, 2.24) is 4.90 Å². The second kappa shape index (κ2) is 7.90. The van der Waals surface area contributed by atoms with Gasteiger partial charge in [0.05, 0.1) is 12.6 Å². The van der Waals surface area contributed by atoms with E-state index < -0.39 is 0 Å². The molecule has 1 aliphatic carbocycles. The third kappa shape index (κ3) is 3.65. The molecule has 1 heterocycles. The third-order valence-corrected chi connectivity index (χ3v) is 5.27. The molecule has 2 aliphatic rings. The molecule has 25 heavy (non-hydrogen) atoms. The van der Waals surface area contributed by atoms with E-state index in [1.165, 1.54) is 11.3 Å². The summed E-state index contributed by atoms with van der Waals surface area (Å²) in [7, 11) is 2.11. The van der Waals surface area contributed by atoms with Crippen LogP contribution >= 0.6 is 0 Å². The van der Waals surface area contributed by atoms with Gasteiger partial charge in [-0.05, 0) is 43.4 Å². The van der Waals surface area contributed by atoms with Crippen molar-refractivity contribution in [2.24, 2.45) is 5.92 Å². The highest BCUT2D eigenvalue weighted by Crippen LogP contribution is 2.39. The lowest BCUT2D eigenvalue weighted by atomic mass is 9.80. The van der Waals surface area contributed by atoms with Crippen molar-refractivity contribution in [2.75, 3.05) is 13.7 Å². The summed E-state index contributed by atoms with van der Waals surface area (Å²) in [5, 5.41) is 0. The number of benzene rings is 1. The maximum atomic E-state index is 12.8. The number of carbonyl (C=O) groups is 1. The molecule has 0 saturated carbocycles. The smallest absolute Gasteiger partial charge is 0.167 e. The lowest BCUT2D eigenvalue weighted by Crippen LogP contribution is -2.33. The molecule has 134 valence electrons. The standard InChI is InChI=1S/C22H29NO2/c1-4-7-16-10-12-21-19(22(16)24)11-13-20(23(21)3)17-8-6-9-18(15-17)25-14-5-2/h6,8-9,11,13,15-16,20H,4-5,7,10,12,14H2,1-3H3. The number of carbonyl (C=O) groups excluding carboxylic acids is 1. The lowest BCUT2D eigenvalue weighted by Gasteiger charge is -2.38. The number of hydrogen-bond acceptors (Lipinski definition) is 3. The first-order valence-corrected chi connectivity index (χ1v) is 9.56. The summed E-state index contributed by atoms with van der Waals surface area (Å²) in [5.74, 6) is 1.47. The molecule has 2 unspecified atom stereocenters. The number of allylic oxidation sites excluding steroid dienone is 3. The molecule has 0 amide bonds. The van der Waals surface area contributed by atoms with E-state index in [1.54, 1.807) is 0 Å². The Labute approximate surface area is 151 Å². The van der Waals surface area contributed by atoms with Gasteiger partial charge in [0.25, 0.3) is 0 Å². The Balaban J connectivity index is 1.81. The molecule has 3 heteroatoms. The van der Waals surface area contributed by atoms with Gasteiger partial charge in [0.2, 0.25) is 0 Å². The minimum atomic E-state index is 0.166. The predicted molar refractivity (Wildman–Crippen MR) is 102 cm³/mol. The SMILES string of the molecule is CCCOc1cccc(C2C=CC3=C(CCC(CCC)C3=O)N2C)c1. The van der Waals surface area contributed by atoms with E-state index in [0.717, 1.165) is 50.0 Å². The van der Waals surface area contributed by atoms with E-state index in [2.05, 4.69) is 56.1 Å². The molecule has 2 atom stereocenters. The van der Waals surface area contributed by atoms with Crippen LogP contribution < -0.4 is 4.74 Å². The summed E-state index contributed by atoms with van der Waals surface area (Å²) in [5.41, 5.74) is 3.34. The third-order valence-electron chi connectivity index (χ3n) is 5.27. The Bertz CT molecular complexity index is 689. The van der Waals surface area contributed by atoms with E-state index in [0.29, 0.717) is 5.78 Å². The normalized spacial score (nSPS) is 23.0. The maximum absolute atomic E-state index is 12.8. The molecule has 0 radical (unpaired) electrons. The maximum Gasteiger partial charge on any atom is 0.167 e. The first-order valence-electron chi connectivity index (χ1n) is 9.56.